The van der Waals surface area contributed by atoms with Crippen LogP contribution in [0, 0.1) is 21.8 Å². The van der Waals surface area contributed by atoms with Crippen LogP contribution in [-0.2, 0) is 0 Å². The summed E-state index contributed by atoms with van der Waals surface area (Å²) in [6.07, 6.45) is 1.37. The van der Waals surface area contributed by atoms with E-state index in [9.17, 15) is 15.2 Å². The van der Waals surface area contributed by atoms with Crippen molar-refractivity contribution in [2.75, 3.05) is 0 Å². The van der Waals surface area contributed by atoms with E-state index in [4.69, 9.17) is 12.2 Å². The second kappa shape index (κ2) is 4.98. The molecule has 2 aromatic rings. The number of nitrogens with one attached hydrogen (secondary N) is 1. The third-order valence-corrected chi connectivity index (χ3v) is 2.58. The van der Waals surface area contributed by atoms with E-state index in [2.05, 4.69) is 15.3 Å². The fourth-order valence-electron chi connectivity index (χ4n) is 1.39. The molecule has 0 aliphatic heterocycles. The van der Waals surface area contributed by atoms with E-state index in [0.29, 0.717) is 16.2 Å². The molecule has 0 unspecified atom stereocenters. The van der Waals surface area contributed by atoms with Crippen LogP contribution in [0.1, 0.15) is 11.4 Å². The molecule has 0 aliphatic carbocycles. The standard InChI is InChI=1S/C10H9N5O3S/c1-6-12-13-10(19)14(6)11-5-7-2-3-9(16)8(4-7)15(17)18/h2-5,16H,1H3,(H,13,19)/p-1/b11-5-. The zero-order valence-corrected chi connectivity index (χ0v) is 10.5. The lowest BCUT2D eigenvalue weighted by Crippen LogP contribution is -1.99. The molecular formula is C10H8N5O3S-. The van der Waals surface area contributed by atoms with Crippen molar-refractivity contribution in [3.63, 3.8) is 0 Å². The summed E-state index contributed by atoms with van der Waals surface area (Å²) < 4.78 is 1.68. The lowest BCUT2D eigenvalue weighted by atomic mass is 10.2. The average molecular weight is 278 g/mol. The molecule has 0 atom stereocenters. The van der Waals surface area contributed by atoms with Crippen LogP contribution in [0.2, 0.25) is 0 Å². The Labute approximate surface area is 112 Å². The van der Waals surface area contributed by atoms with Gasteiger partial charge in [-0.05, 0) is 24.9 Å². The second-order valence-corrected chi connectivity index (χ2v) is 4.00. The van der Waals surface area contributed by atoms with Gasteiger partial charge < -0.3 is 5.11 Å². The van der Waals surface area contributed by atoms with Crippen LogP contribution in [0.15, 0.2) is 23.3 Å². The Hall–Kier alpha value is -2.55. The van der Waals surface area contributed by atoms with E-state index in [1.807, 2.05) is 0 Å². The molecule has 1 heterocycles. The number of rotatable bonds is 3. The van der Waals surface area contributed by atoms with Gasteiger partial charge in [0.05, 0.1) is 11.1 Å². The van der Waals surface area contributed by atoms with Gasteiger partial charge in [-0.25, -0.2) is 0 Å². The molecule has 2 rings (SSSR count). The quantitative estimate of drug-likeness (QED) is 0.391. The van der Waals surface area contributed by atoms with Crippen LogP contribution in [0.3, 0.4) is 0 Å². The number of nitro benzene ring substituents is 1. The van der Waals surface area contributed by atoms with Crippen LogP contribution in [0.25, 0.3) is 0 Å². The monoisotopic (exact) mass is 278 g/mol. The molecule has 0 radical (unpaired) electrons. The van der Waals surface area contributed by atoms with Crippen molar-refractivity contribution >= 4 is 24.1 Å². The van der Waals surface area contributed by atoms with Gasteiger partial charge in [-0.15, -0.1) is 0 Å². The van der Waals surface area contributed by atoms with Crippen LogP contribution < -0.4 is 5.11 Å². The van der Waals surface area contributed by atoms with E-state index < -0.39 is 16.4 Å². The average Bonchev–Trinajstić information content (AvgIpc) is 2.68. The second-order valence-electron chi connectivity index (χ2n) is 3.62. The number of benzene rings is 1. The summed E-state index contributed by atoms with van der Waals surface area (Å²) in [7, 11) is 0. The summed E-state index contributed by atoms with van der Waals surface area (Å²) in [6.45, 7) is 1.70. The maximum Gasteiger partial charge on any atom is 0.262 e. The van der Waals surface area contributed by atoms with Crippen molar-refractivity contribution in [3.05, 3.63) is 44.5 Å². The lowest BCUT2D eigenvalue weighted by Gasteiger charge is -2.05. The Morgan fingerprint density at radius 1 is 1.58 bits per heavy atom. The van der Waals surface area contributed by atoms with Gasteiger partial charge in [0.15, 0.2) is 0 Å². The van der Waals surface area contributed by atoms with Crippen molar-refractivity contribution < 1.29 is 10.0 Å². The van der Waals surface area contributed by atoms with Gasteiger partial charge in [-0.2, -0.15) is 14.9 Å². The van der Waals surface area contributed by atoms with E-state index in [0.717, 1.165) is 12.1 Å². The maximum atomic E-state index is 11.2. The van der Waals surface area contributed by atoms with Gasteiger partial charge in [0.25, 0.3) is 5.69 Å². The highest BCUT2D eigenvalue weighted by molar-refractivity contribution is 7.71. The highest BCUT2D eigenvalue weighted by Gasteiger charge is 2.07. The molecule has 0 aliphatic rings. The Morgan fingerprint density at radius 3 is 2.89 bits per heavy atom. The maximum absolute atomic E-state index is 11.2. The van der Waals surface area contributed by atoms with Gasteiger partial charge >= 0.3 is 0 Å². The minimum Gasteiger partial charge on any atom is -0.868 e. The predicted molar refractivity (Wildman–Crippen MR) is 67.7 cm³/mol. The molecule has 9 heteroatoms. The van der Waals surface area contributed by atoms with Gasteiger partial charge in [0, 0.05) is 11.6 Å². The van der Waals surface area contributed by atoms with Gasteiger partial charge in [0.2, 0.25) is 4.77 Å². The van der Waals surface area contributed by atoms with Crippen molar-refractivity contribution in [1.29, 1.82) is 0 Å². The summed E-state index contributed by atoms with van der Waals surface area (Å²) in [4.78, 5) is 9.91. The van der Waals surface area contributed by atoms with Gasteiger partial charge in [0.1, 0.15) is 5.82 Å². The Morgan fingerprint density at radius 2 is 2.32 bits per heavy atom. The number of hydrogen-bond donors (Lipinski definition) is 1. The predicted octanol–water partition coefficient (Wildman–Crippen LogP) is 1.11. The first kappa shape index (κ1) is 12.9. The van der Waals surface area contributed by atoms with Crippen LogP contribution in [0.5, 0.6) is 5.75 Å². The summed E-state index contributed by atoms with van der Waals surface area (Å²) >= 11 is 4.95. The number of H-pyrrole nitrogens is 1. The molecule has 8 nitrogen and oxygen atoms in total. The molecule has 0 saturated carbocycles. The number of nitrogens with zero attached hydrogens (tertiary/aromatic N) is 4. The number of nitro groups is 1. The molecule has 1 N–H and O–H groups in total. The van der Waals surface area contributed by atoms with Crippen molar-refractivity contribution in [2.24, 2.45) is 5.10 Å². The fourth-order valence-corrected chi connectivity index (χ4v) is 1.61. The molecular weight excluding hydrogens is 270 g/mol. The topological polar surface area (TPSA) is 112 Å². The van der Waals surface area contributed by atoms with Crippen molar-refractivity contribution in [3.8, 4) is 5.75 Å². The first-order valence-corrected chi connectivity index (χ1v) is 5.53. The lowest BCUT2D eigenvalue weighted by molar-refractivity contribution is -0.398. The normalized spacial score (nSPS) is 11.0. The molecule has 0 amide bonds. The minimum atomic E-state index is -0.728. The summed E-state index contributed by atoms with van der Waals surface area (Å²) in [6, 6.07) is 3.73. The Bertz CT molecular complexity index is 718. The summed E-state index contributed by atoms with van der Waals surface area (Å²) in [5.74, 6) is -0.0885. The van der Waals surface area contributed by atoms with Crippen molar-refractivity contribution in [1.82, 2.24) is 14.9 Å². The summed E-state index contributed by atoms with van der Waals surface area (Å²) in [5.41, 5.74) is -0.0646. The van der Waals surface area contributed by atoms with Crippen LogP contribution in [0.4, 0.5) is 5.69 Å². The van der Waals surface area contributed by atoms with E-state index in [1.54, 1.807) is 6.92 Å². The van der Waals surface area contributed by atoms with E-state index in [1.165, 1.54) is 17.0 Å². The third-order valence-electron chi connectivity index (χ3n) is 2.31. The minimum absolute atomic E-state index is 0.309. The first-order chi connectivity index (χ1) is 8.99. The summed E-state index contributed by atoms with van der Waals surface area (Å²) in [5, 5.41) is 32.3. The molecule has 0 saturated heterocycles. The Kier molecular flexibility index (Phi) is 3.38. The van der Waals surface area contributed by atoms with E-state index in [-0.39, 0.29) is 0 Å². The Balaban J connectivity index is 2.37. The SMILES string of the molecule is Cc1n[nH]c(=S)n1/N=C\c1ccc([O-])c([N+](=O)[O-])c1. The highest BCUT2D eigenvalue weighted by atomic mass is 32.1. The molecule has 0 bridgehead atoms. The number of aryl methyl sites for hydroxylation is 1. The van der Waals surface area contributed by atoms with Gasteiger partial charge in [-0.1, -0.05) is 12.1 Å². The number of hydrogen-bond acceptors (Lipinski definition) is 6. The largest absolute Gasteiger partial charge is 0.868 e. The third kappa shape index (κ3) is 2.65. The van der Waals surface area contributed by atoms with Gasteiger partial charge in [-0.3, -0.25) is 15.2 Å². The molecule has 0 spiro atoms. The fraction of sp³-hybridized carbons (Fsp3) is 0.100. The molecule has 1 aromatic heterocycles. The van der Waals surface area contributed by atoms with E-state index >= 15 is 0 Å². The number of aromatic nitrogens is 3. The van der Waals surface area contributed by atoms with Crippen molar-refractivity contribution in [2.45, 2.75) is 6.92 Å². The number of aromatic amines is 1. The highest BCUT2D eigenvalue weighted by Crippen LogP contribution is 2.22. The van der Waals surface area contributed by atoms with Crippen LogP contribution >= 0.6 is 12.2 Å². The zero-order chi connectivity index (χ0) is 14.0. The van der Waals surface area contributed by atoms with Crippen LogP contribution in [-0.4, -0.2) is 26.0 Å². The smallest absolute Gasteiger partial charge is 0.262 e. The molecule has 1 aromatic carbocycles. The zero-order valence-electron chi connectivity index (χ0n) is 9.73. The molecule has 98 valence electrons. The molecule has 19 heavy (non-hydrogen) atoms. The first-order valence-electron chi connectivity index (χ1n) is 5.13. The molecule has 0 fully saturated rings.